The lowest BCUT2D eigenvalue weighted by Crippen LogP contribution is -2.54. The van der Waals surface area contributed by atoms with Gasteiger partial charge in [-0.15, -0.1) is 0 Å². The van der Waals surface area contributed by atoms with E-state index in [9.17, 15) is 0 Å². The van der Waals surface area contributed by atoms with Crippen LogP contribution in [0.15, 0.2) is 0 Å². The van der Waals surface area contributed by atoms with Gasteiger partial charge in [-0.2, -0.15) is 0 Å². The summed E-state index contributed by atoms with van der Waals surface area (Å²) in [5.74, 6) is 0.788. The fourth-order valence-electron chi connectivity index (χ4n) is 3.25. The van der Waals surface area contributed by atoms with Gasteiger partial charge in [-0.1, -0.05) is 6.92 Å². The Balaban J connectivity index is 1.82. The summed E-state index contributed by atoms with van der Waals surface area (Å²) in [4.78, 5) is 4.94. The van der Waals surface area contributed by atoms with Gasteiger partial charge in [0.1, 0.15) is 0 Å². The van der Waals surface area contributed by atoms with Gasteiger partial charge in [-0.3, -0.25) is 0 Å². The number of nitrogens with zero attached hydrogens (tertiary/aromatic N) is 2. The van der Waals surface area contributed by atoms with E-state index in [2.05, 4.69) is 43.1 Å². The minimum Gasteiger partial charge on any atom is -0.311 e. The summed E-state index contributed by atoms with van der Waals surface area (Å²) in [6.07, 6.45) is 3.96. The van der Waals surface area contributed by atoms with Crippen molar-refractivity contribution in [3.8, 4) is 0 Å². The average Bonchev–Trinajstić information content (AvgIpc) is 2.29. The summed E-state index contributed by atoms with van der Waals surface area (Å²) in [6.45, 7) is 8.51. The maximum absolute atomic E-state index is 3.93. The summed E-state index contributed by atoms with van der Waals surface area (Å²) < 4.78 is 0. The summed E-state index contributed by atoms with van der Waals surface area (Å²) in [5.41, 5.74) is 0. The third-order valence-corrected chi connectivity index (χ3v) is 4.78. The Bertz CT molecular complexity index is 236. The summed E-state index contributed by atoms with van der Waals surface area (Å²) in [7, 11) is 4.49. The van der Waals surface area contributed by atoms with Crippen LogP contribution in [0.25, 0.3) is 0 Å². The van der Waals surface area contributed by atoms with Crippen LogP contribution >= 0.6 is 0 Å². The Kier molecular flexibility index (Phi) is 4.45. The SMILES string of the molecule is CC1CN(C)C(C)CC1NC1CCN(C)CC1. The molecule has 0 spiro atoms. The second-order valence-electron chi connectivity index (χ2n) is 6.35. The van der Waals surface area contributed by atoms with E-state index in [1.807, 2.05) is 0 Å². The molecule has 100 valence electrons. The Morgan fingerprint density at radius 1 is 1.06 bits per heavy atom. The highest BCUT2D eigenvalue weighted by atomic mass is 15.2. The summed E-state index contributed by atoms with van der Waals surface area (Å²) >= 11 is 0. The van der Waals surface area contributed by atoms with Crippen LogP contribution in [0.1, 0.15) is 33.1 Å². The molecule has 0 bridgehead atoms. The van der Waals surface area contributed by atoms with Crippen LogP contribution in [0.4, 0.5) is 0 Å². The molecule has 2 fully saturated rings. The molecule has 0 radical (unpaired) electrons. The van der Waals surface area contributed by atoms with Gasteiger partial charge in [0.25, 0.3) is 0 Å². The van der Waals surface area contributed by atoms with Crippen LogP contribution in [-0.2, 0) is 0 Å². The third-order valence-electron chi connectivity index (χ3n) is 4.78. The molecular formula is C14H29N3. The molecule has 2 saturated heterocycles. The van der Waals surface area contributed by atoms with E-state index in [0.29, 0.717) is 0 Å². The van der Waals surface area contributed by atoms with Gasteiger partial charge in [0.05, 0.1) is 0 Å². The molecule has 2 aliphatic heterocycles. The van der Waals surface area contributed by atoms with Gasteiger partial charge in [0, 0.05) is 24.7 Å². The Labute approximate surface area is 107 Å². The van der Waals surface area contributed by atoms with Crippen molar-refractivity contribution < 1.29 is 0 Å². The van der Waals surface area contributed by atoms with Crippen molar-refractivity contribution in [3.63, 3.8) is 0 Å². The van der Waals surface area contributed by atoms with Crippen molar-refractivity contribution in [3.05, 3.63) is 0 Å². The molecule has 2 aliphatic rings. The van der Waals surface area contributed by atoms with Crippen molar-refractivity contribution in [2.24, 2.45) is 5.92 Å². The Hall–Kier alpha value is -0.120. The number of piperidine rings is 2. The maximum atomic E-state index is 3.93. The maximum Gasteiger partial charge on any atom is 0.0122 e. The third kappa shape index (κ3) is 3.43. The molecule has 0 aromatic carbocycles. The summed E-state index contributed by atoms with van der Waals surface area (Å²) in [6, 6.07) is 2.22. The van der Waals surface area contributed by atoms with E-state index in [1.165, 1.54) is 38.9 Å². The number of rotatable bonds is 2. The number of hydrogen-bond donors (Lipinski definition) is 1. The molecule has 3 nitrogen and oxygen atoms in total. The van der Waals surface area contributed by atoms with Crippen LogP contribution in [0, 0.1) is 5.92 Å². The van der Waals surface area contributed by atoms with Gasteiger partial charge in [-0.05, 0) is 59.3 Å². The van der Waals surface area contributed by atoms with Gasteiger partial charge >= 0.3 is 0 Å². The Morgan fingerprint density at radius 2 is 1.71 bits per heavy atom. The fraction of sp³-hybridized carbons (Fsp3) is 1.00. The molecule has 0 saturated carbocycles. The normalized spacial score (nSPS) is 38.5. The van der Waals surface area contributed by atoms with E-state index in [1.54, 1.807) is 0 Å². The first-order valence-corrected chi connectivity index (χ1v) is 7.21. The number of hydrogen-bond acceptors (Lipinski definition) is 3. The van der Waals surface area contributed by atoms with E-state index < -0.39 is 0 Å². The molecule has 0 aromatic heterocycles. The molecule has 3 atom stereocenters. The van der Waals surface area contributed by atoms with Gasteiger partial charge in [-0.25, -0.2) is 0 Å². The van der Waals surface area contributed by atoms with E-state index in [4.69, 9.17) is 0 Å². The molecular weight excluding hydrogens is 210 g/mol. The molecule has 0 amide bonds. The largest absolute Gasteiger partial charge is 0.311 e. The highest BCUT2D eigenvalue weighted by Crippen LogP contribution is 2.22. The first kappa shape index (κ1) is 13.3. The molecule has 17 heavy (non-hydrogen) atoms. The van der Waals surface area contributed by atoms with Crippen LogP contribution in [0.3, 0.4) is 0 Å². The zero-order valence-corrected chi connectivity index (χ0v) is 11.9. The topological polar surface area (TPSA) is 18.5 Å². The highest BCUT2D eigenvalue weighted by molar-refractivity contribution is 4.89. The van der Waals surface area contributed by atoms with Crippen LogP contribution in [-0.4, -0.2) is 61.7 Å². The zero-order chi connectivity index (χ0) is 12.4. The number of nitrogens with one attached hydrogen (secondary N) is 1. The predicted molar refractivity (Wildman–Crippen MR) is 73.3 cm³/mol. The van der Waals surface area contributed by atoms with Crippen molar-refractivity contribution in [1.82, 2.24) is 15.1 Å². The number of likely N-dealkylation sites (tertiary alicyclic amines) is 2. The second-order valence-corrected chi connectivity index (χ2v) is 6.35. The van der Waals surface area contributed by atoms with Gasteiger partial charge in [0.15, 0.2) is 0 Å². The summed E-state index contributed by atoms with van der Waals surface area (Å²) in [5, 5.41) is 3.93. The first-order valence-electron chi connectivity index (χ1n) is 7.21. The smallest absolute Gasteiger partial charge is 0.0122 e. The minimum atomic E-state index is 0.731. The zero-order valence-electron chi connectivity index (χ0n) is 11.9. The highest BCUT2D eigenvalue weighted by Gasteiger charge is 2.30. The Morgan fingerprint density at radius 3 is 2.35 bits per heavy atom. The average molecular weight is 239 g/mol. The first-order chi connectivity index (χ1) is 8.06. The molecule has 0 aromatic rings. The molecule has 2 rings (SSSR count). The van der Waals surface area contributed by atoms with Crippen molar-refractivity contribution in [1.29, 1.82) is 0 Å². The van der Waals surface area contributed by atoms with Gasteiger partial charge < -0.3 is 15.1 Å². The molecule has 3 unspecified atom stereocenters. The lowest BCUT2D eigenvalue weighted by Gasteiger charge is -2.42. The fourth-order valence-corrected chi connectivity index (χ4v) is 3.25. The van der Waals surface area contributed by atoms with Crippen LogP contribution in [0.2, 0.25) is 0 Å². The van der Waals surface area contributed by atoms with Gasteiger partial charge in [0.2, 0.25) is 0 Å². The predicted octanol–water partition coefficient (Wildman–Crippen LogP) is 1.40. The van der Waals surface area contributed by atoms with E-state index in [0.717, 1.165) is 24.0 Å². The molecule has 0 aliphatic carbocycles. The van der Waals surface area contributed by atoms with E-state index >= 15 is 0 Å². The monoisotopic (exact) mass is 239 g/mol. The van der Waals surface area contributed by atoms with Crippen molar-refractivity contribution >= 4 is 0 Å². The lowest BCUT2D eigenvalue weighted by molar-refractivity contribution is 0.106. The van der Waals surface area contributed by atoms with Crippen molar-refractivity contribution in [2.75, 3.05) is 33.7 Å². The minimum absolute atomic E-state index is 0.731. The molecule has 1 N–H and O–H groups in total. The second kappa shape index (κ2) is 5.68. The van der Waals surface area contributed by atoms with Crippen LogP contribution in [0.5, 0.6) is 0 Å². The standard InChI is InChI=1S/C14H29N3/c1-11-10-17(4)12(2)9-14(11)15-13-5-7-16(3)8-6-13/h11-15H,5-10H2,1-4H3. The van der Waals surface area contributed by atoms with Crippen LogP contribution < -0.4 is 5.32 Å². The molecule has 2 heterocycles. The van der Waals surface area contributed by atoms with E-state index in [-0.39, 0.29) is 0 Å². The molecule has 3 heteroatoms. The quantitative estimate of drug-likeness (QED) is 0.786. The van der Waals surface area contributed by atoms with Crippen molar-refractivity contribution in [2.45, 2.75) is 51.2 Å². The lowest BCUT2D eigenvalue weighted by atomic mass is 9.88.